The van der Waals surface area contributed by atoms with Crippen LogP contribution < -0.4 is 14.4 Å². The predicted octanol–water partition coefficient (Wildman–Crippen LogP) is 7.22. The highest BCUT2D eigenvalue weighted by atomic mass is 79.9. The fourth-order valence-corrected chi connectivity index (χ4v) is 7.34. The number of rotatable bonds is 12. The highest BCUT2D eigenvalue weighted by Crippen LogP contribution is 2.29. The zero-order valence-corrected chi connectivity index (χ0v) is 28.3. The average molecular weight is 705 g/mol. The molecule has 1 fully saturated rings. The van der Waals surface area contributed by atoms with Crippen LogP contribution in [0.4, 0.5) is 5.69 Å². The smallest absolute Gasteiger partial charge is 0.264 e. The molecule has 0 unspecified atom stereocenters. The number of hydrogen-bond donors (Lipinski definition) is 1. The number of halogens is 1. The van der Waals surface area contributed by atoms with Crippen LogP contribution in [-0.2, 0) is 26.2 Å². The zero-order chi connectivity index (χ0) is 32.7. The zero-order valence-electron chi connectivity index (χ0n) is 25.9. The van der Waals surface area contributed by atoms with Crippen molar-refractivity contribution in [3.05, 3.63) is 119 Å². The van der Waals surface area contributed by atoms with Gasteiger partial charge in [0, 0.05) is 17.1 Å². The third-order valence-electron chi connectivity index (χ3n) is 8.10. The van der Waals surface area contributed by atoms with E-state index < -0.39 is 28.5 Å². The molecule has 0 heterocycles. The number of amides is 2. The Morgan fingerprint density at radius 1 is 0.891 bits per heavy atom. The Kier molecular flexibility index (Phi) is 10.8. The van der Waals surface area contributed by atoms with E-state index in [4.69, 9.17) is 4.74 Å². The minimum Gasteiger partial charge on any atom is -0.457 e. The van der Waals surface area contributed by atoms with Crippen molar-refractivity contribution >= 4 is 43.5 Å². The largest absolute Gasteiger partial charge is 0.457 e. The van der Waals surface area contributed by atoms with E-state index in [2.05, 4.69) is 21.2 Å². The molecule has 4 aromatic carbocycles. The van der Waals surface area contributed by atoms with Gasteiger partial charge in [-0.05, 0) is 92.9 Å². The summed E-state index contributed by atoms with van der Waals surface area (Å²) in [5, 5.41) is 3.10. The van der Waals surface area contributed by atoms with Crippen LogP contribution in [0.5, 0.6) is 11.5 Å². The molecule has 1 aliphatic rings. The minimum absolute atomic E-state index is 0.0566. The average Bonchev–Trinajstić information content (AvgIpc) is 3.56. The number of nitrogens with one attached hydrogen (secondary N) is 1. The van der Waals surface area contributed by atoms with Crippen molar-refractivity contribution in [2.45, 2.75) is 63.1 Å². The van der Waals surface area contributed by atoms with E-state index in [0.29, 0.717) is 17.2 Å². The molecule has 8 nitrogen and oxygen atoms in total. The molecular formula is C36H38BrN3O5S. The molecule has 0 radical (unpaired) electrons. The van der Waals surface area contributed by atoms with E-state index in [1.54, 1.807) is 43.3 Å². The summed E-state index contributed by atoms with van der Waals surface area (Å²) in [6.45, 7) is 3.18. The van der Waals surface area contributed by atoms with Crippen LogP contribution in [-0.4, -0.2) is 43.8 Å². The SMILES string of the molecule is Cc1ccc(S(=O)(=O)N(CC(=O)N(Cc2cccc(Br)c2)[C@H](C)C(=O)NC2CCCC2)c2ccc(Oc3ccccc3)cc2)cc1. The van der Waals surface area contributed by atoms with Gasteiger partial charge in [0.15, 0.2) is 0 Å². The van der Waals surface area contributed by atoms with Gasteiger partial charge in [-0.3, -0.25) is 13.9 Å². The number of hydrogen-bond acceptors (Lipinski definition) is 5. The number of carbonyl (C=O) groups excluding carboxylic acids is 2. The van der Waals surface area contributed by atoms with E-state index >= 15 is 0 Å². The fourth-order valence-electron chi connectivity index (χ4n) is 5.48. The summed E-state index contributed by atoms with van der Waals surface area (Å²) in [6, 6.07) is 29.1. The summed E-state index contributed by atoms with van der Waals surface area (Å²) in [6.07, 6.45) is 3.93. The van der Waals surface area contributed by atoms with Crippen LogP contribution in [0.2, 0.25) is 0 Å². The molecule has 4 aromatic rings. The summed E-state index contributed by atoms with van der Waals surface area (Å²) < 4.78 is 36.2. The molecule has 240 valence electrons. The van der Waals surface area contributed by atoms with Crippen molar-refractivity contribution in [2.24, 2.45) is 0 Å². The summed E-state index contributed by atoms with van der Waals surface area (Å²) in [5.74, 6) is 0.394. The van der Waals surface area contributed by atoms with E-state index in [-0.39, 0.29) is 23.4 Å². The van der Waals surface area contributed by atoms with E-state index in [0.717, 1.165) is 45.6 Å². The van der Waals surface area contributed by atoms with Gasteiger partial charge in [-0.15, -0.1) is 0 Å². The van der Waals surface area contributed by atoms with Crippen LogP contribution in [0.15, 0.2) is 112 Å². The van der Waals surface area contributed by atoms with Crippen molar-refractivity contribution in [3.63, 3.8) is 0 Å². The number of anilines is 1. The maximum absolute atomic E-state index is 14.2. The maximum atomic E-state index is 14.2. The number of nitrogens with zero attached hydrogens (tertiary/aromatic N) is 2. The molecule has 1 N–H and O–H groups in total. The molecule has 5 rings (SSSR count). The standard InChI is InChI=1S/C36H38BrN3O5S/c1-26-15-21-34(22-16-26)46(43,44)40(31-17-19-33(20-18-31)45-32-13-4-3-5-14-32)25-35(41)39(24-28-9-8-10-29(37)23-28)27(2)36(42)38-30-11-6-7-12-30/h3-5,8-10,13-23,27,30H,6-7,11-12,24-25H2,1-2H3,(H,38,42)/t27-/m1/s1. The molecule has 0 aliphatic heterocycles. The quantitative estimate of drug-likeness (QED) is 0.168. The highest BCUT2D eigenvalue weighted by Gasteiger charge is 2.33. The van der Waals surface area contributed by atoms with Gasteiger partial charge in [-0.1, -0.05) is 76.8 Å². The van der Waals surface area contributed by atoms with Gasteiger partial charge in [-0.2, -0.15) is 0 Å². The van der Waals surface area contributed by atoms with E-state index in [1.807, 2.05) is 61.5 Å². The summed E-state index contributed by atoms with van der Waals surface area (Å²) in [7, 11) is -4.18. The number of aryl methyl sites for hydroxylation is 1. The molecule has 0 aromatic heterocycles. The van der Waals surface area contributed by atoms with Gasteiger partial charge in [0.05, 0.1) is 10.6 Å². The third kappa shape index (κ3) is 8.35. The topological polar surface area (TPSA) is 96.0 Å². The van der Waals surface area contributed by atoms with Crippen LogP contribution in [0, 0.1) is 6.92 Å². The van der Waals surface area contributed by atoms with Crippen LogP contribution in [0.1, 0.15) is 43.7 Å². The lowest BCUT2D eigenvalue weighted by atomic mass is 10.1. The van der Waals surface area contributed by atoms with Crippen LogP contribution in [0.3, 0.4) is 0 Å². The van der Waals surface area contributed by atoms with Gasteiger partial charge in [0.2, 0.25) is 11.8 Å². The summed E-state index contributed by atoms with van der Waals surface area (Å²) in [4.78, 5) is 29.2. The second-order valence-corrected chi connectivity index (χ2v) is 14.3. The lowest BCUT2D eigenvalue weighted by molar-refractivity contribution is -0.139. The Balaban J connectivity index is 1.47. The first kappa shape index (κ1) is 33.2. The Labute approximate surface area is 279 Å². The molecule has 0 bridgehead atoms. The molecule has 0 spiro atoms. The van der Waals surface area contributed by atoms with Gasteiger partial charge in [0.25, 0.3) is 10.0 Å². The number of carbonyl (C=O) groups is 2. The van der Waals surface area contributed by atoms with Gasteiger partial charge < -0.3 is 15.0 Å². The van der Waals surface area contributed by atoms with E-state index in [1.165, 1.54) is 17.0 Å². The van der Waals surface area contributed by atoms with Crippen molar-refractivity contribution in [1.29, 1.82) is 0 Å². The predicted molar refractivity (Wildman–Crippen MR) is 183 cm³/mol. The lowest BCUT2D eigenvalue weighted by Crippen LogP contribution is -2.52. The fraction of sp³-hybridized carbons (Fsp3) is 0.278. The molecule has 1 aliphatic carbocycles. The van der Waals surface area contributed by atoms with Crippen molar-refractivity contribution in [3.8, 4) is 11.5 Å². The maximum Gasteiger partial charge on any atom is 0.264 e. The second-order valence-electron chi connectivity index (χ2n) is 11.6. The molecular weight excluding hydrogens is 666 g/mol. The van der Waals surface area contributed by atoms with Gasteiger partial charge >= 0.3 is 0 Å². The first-order valence-electron chi connectivity index (χ1n) is 15.4. The molecule has 1 atom stereocenters. The van der Waals surface area contributed by atoms with Gasteiger partial charge in [-0.25, -0.2) is 8.42 Å². The second kappa shape index (κ2) is 15.0. The number of ether oxygens (including phenoxy) is 1. The normalized spacial score (nSPS) is 14.0. The monoisotopic (exact) mass is 703 g/mol. The Bertz CT molecular complexity index is 1740. The highest BCUT2D eigenvalue weighted by molar-refractivity contribution is 9.10. The lowest BCUT2D eigenvalue weighted by Gasteiger charge is -2.32. The summed E-state index contributed by atoms with van der Waals surface area (Å²) in [5.41, 5.74) is 2.00. The molecule has 10 heteroatoms. The summed E-state index contributed by atoms with van der Waals surface area (Å²) >= 11 is 3.49. The van der Waals surface area contributed by atoms with Crippen LogP contribution in [0.25, 0.3) is 0 Å². The molecule has 46 heavy (non-hydrogen) atoms. The molecule has 2 amide bonds. The van der Waals surface area contributed by atoms with Crippen molar-refractivity contribution < 1.29 is 22.7 Å². The minimum atomic E-state index is -4.18. The Morgan fingerprint density at radius 3 is 2.20 bits per heavy atom. The Morgan fingerprint density at radius 2 is 1.54 bits per heavy atom. The van der Waals surface area contributed by atoms with E-state index in [9.17, 15) is 18.0 Å². The number of benzene rings is 4. The van der Waals surface area contributed by atoms with Crippen molar-refractivity contribution in [1.82, 2.24) is 10.2 Å². The van der Waals surface area contributed by atoms with Crippen LogP contribution >= 0.6 is 15.9 Å². The first-order valence-corrected chi connectivity index (χ1v) is 17.6. The first-order chi connectivity index (χ1) is 22.1. The third-order valence-corrected chi connectivity index (χ3v) is 10.4. The molecule has 1 saturated carbocycles. The van der Waals surface area contributed by atoms with Crippen molar-refractivity contribution in [2.75, 3.05) is 10.8 Å². The number of sulfonamides is 1. The molecule has 0 saturated heterocycles. The Hall–Kier alpha value is -4.15. The number of para-hydroxylation sites is 1. The van der Waals surface area contributed by atoms with Gasteiger partial charge in [0.1, 0.15) is 24.1 Å².